The summed E-state index contributed by atoms with van der Waals surface area (Å²) in [5.41, 5.74) is 12.2. The Morgan fingerprint density at radius 1 is 0.630 bits per heavy atom. The highest BCUT2D eigenvalue weighted by Gasteiger charge is 1.99. The van der Waals surface area contributed by atoms with E-state index >= 15 is 0 Å². The average molecular weight is 411 g/mol. The molecule has 0 saturated carbocycles. The lowest BCUT2D eigenvalue weighted by Crippen LogP contribution is -3.00. The quantitative estimate of drug-likeness (QED) is 0.188. The lowest BCUT2D eigenvalue weighted by atomic mass is 10.2. The molecule has 0 spiro atoms. The van der Waals surface area contributed by atoms with Crippen molar-refractivity contribution in [3.8, 4) is 11.5 Å². The van der Waals surface area contributed by atoms with Crippen LogP contribution >= 0.6 is 0 Å². The molecule has 2 aromatic carbocycles. The molecule has 0 radical (unpaired) electrons. The van der Waals surface area contributed by atoms with Crippen LogP contribution in [0, 0.1) is 10.8 Å². The number of nitrogen functional groups attached to an aromatic ring is 2. The van der Waals surface area contributed by atoms with E-state index in [-0.39, 0.29) is 36.5 Å². The van der Waals surface area contributed by atoms with Gasteiger partial charge in [-0.05, 0) is 67.8 Å². The summed E-state index contributed by atoms with van der Waals surface area (Å²) in [6.07, 6.45) is 2.90. The molecule has 0 fully saturated rings. The van der Waals surface area contributed by atoms with Gasteiger partial charge in [0.25, 0.3) is 0 Å². The maximum atomic E-state index is 7.34. The Hall–Kier alpha value is -2.44. The first kappa shape index (κ1) is 24.6. The van der Waals surface area contributed by atoms with Crippen LogP contribution in [-0.2, 0) is 0 Å². The smallest absolute Gasteiger partial charge is 0.122 e. The van der Waals surface area contributed by atoms with Gasteiger partial charge >= 0.3 is 0 Å². The van der Waals surface area contributed by atoms with Crippen LogP contribution in [0.4, 0.5) is 0 Å². The van der Waals surface area contributed by atoms with E-state index in [9.17, 15) is 0 Å². The monoisotopic (exact) mass is 410 g/mol. The number of halogens is 2. The normalized spacial score (nSPS) is 9.48. The van der Waals surface area contributed by atoms with Crippen molar-refractivity contribution >= 4 is 11.7 Å². The SMILES string of the molecule is N=C(N)c1ccc(OCCCCCOc2ccc(C(=N)N)cc2)cc1.[Cl-].[Cl-]. The zero-order valence-corrected chi connectivity index (χ0v) is 16.4. The predicted octanol–water partition coefficient (Wildman–Crippen LogP) is -3.11. The zero-order chi connectivity index (χ0) is 18.1. The Morgan fingerprint density at radius 3 is 1.26 bits per heavy atom. The van der Waals surface area contributed by atoms with Crippen molar-refractivity contribution in [3.63, 3.8) is 0 Å². The van der Waals surface area contributed by atoms with Gasteiger partial charge in [0.1, 0.15) is 23.2 Å². The molecule has 0 aliphatic carbocycles. The molecule has 0 aliphatic rings. The summed E-state index contributed by atoms with van der Waals surface area (Å²) in [6.45, 7) is 1.29. The van der Waals surface area contributed by atoms with Crippen molar-refractivity contribution in [1.82, 2.24) is 0 Å². The lowest BCUT2D eigenvalue weighted by Gasteiger charge is -2.08. The van der Waals surface area contributed by atoms with Gasteiger partial charge in [-0.3, -0.25) is 10.8 Å². The molecule has 0 aromatic heterocycles. The molecule has 148 valence electrons. The zero-order valence-electron chi connectivity index (χ0n) is 14.9. The number of benzene rings is 2. The fourth-order valence-corrected chi connectivity index (χ4v) is 2.22. The number of hydrogen-bond acceptors (Lipinski definition) is 4. The minimum Gasteiger partial charge on any atom is -1.00 e. The third kappa shape index (κ3) is 8.66. The standard InChI is InChI=1S/C19H24N4O2.2ClH/c20-18(21)14-4-8-16(9-5-14)24-12-2-1-3-13-25-17-10-6-15(7-11-17)19(22)23;;/h4-11H,1-3,12-13H2,(H3,20,21)(H3,22,23);2*1H/p-2. The molecule has 8 heteroatoms. The molecular weight excluding hydrogens is 387 g/mol. The molecule has 2 aromatic rings. The number of rotatable bonds is 10. The number of nitrogens with one attached hydrogen (secondary N) is 2. The van der Waals surface area contributed by atoms with E-state index in [1.807, 2.05) is 24.3 Å². The molecule has 0 heterocycles. The second-order valence-corrected chi connectivity index (χ2v) is 5.63. The number of ether oxygens (including phenoxy) is 2. The van der Waals surface area contributed by atoms with Crippen LogP contribution in [0.15, 0.2) is 48.5 Å². The van der Waals surface area contributed by atoms with Crippen LogP contribution < -0.4 is 45.8 Å². The molecule has 6 nitrogen and oxygen atoms in total. The number of nitrogens with two attached hydrogens (primary N) is 2. The minimum atomic E-state index is 0. The Bertz CT molecular complexity index is 645. The van der Waals surface area contributed by atoms with Crippen molar-refractivity contribution < 1.29 is 34.3 Å². The maximum Gasteiger partial charge on any atom is 0.122 e. The summed E-state index contributed by atoms with van der Waals surface area (Å²) in [4.78, 5) is 0. The molecule has 0 amide bonds. The summed E-state index contributed by atoms with van der Waals surface area (Å²) in [5, 5.41) is 14.7. The molecule has 0 unspecified atom stereocenters. The summed E-state index contributed by atoms with van der Waals surface area (Å²) < 4.78 is 11.3. The van der Waals surface area contributed by atoms with E-state index < -0.39 is 0 Å². The predicted molar refractivity (Wildman–Crippen MR) is 99.8 cm³/mol. The highest BCUT2D eigenvalue weighted by Crippen LogP contribution is 2.14. The average Bonchev–Trinajstić information content (AvgIpc) is 2.61. The van der Waals surface area contributed by atoms with Gasteiger partial charge < -0.3 is 45.8 Å². The Labute approximate surface area is 172 Å². The van der Waals surface area contributed by atoms with E-state index in [0.717, 1.165) is 30.8 Å². The number of unbranched alkanes of at least 4 members (excludes halogenated alkanes) is 2. The highest BCUT2D eigenvalue weighted by atomic mass is 35.5. The van der Waals surface area contributed by atoms with Gasteiger partial charge in [-0.1, -0.05) is 0 Å². The summed E-state index contributed by atoms with van der Waals surface area (Å²) in [5.74, 6) is 1.68. The van der Waals surface area contributed by atoms with Crippen molar-refractivity contribution in [2.24, 2.45) is 11.5 Å². The molecule has 0 aliphatic heterocycles. The first-order chi connectivity index (χ1) is 12.1. The van der Waals surface area contributed by atoms with Crippen molar-refractivity contribution in [1.29, 1.82) is 10.8 Å². The van der Waals surface area contributed by atoms with E-state index in [1.54, 1.807) is 24.3 Å². The molecule has 27 heavy (non-hydrogen) atoms. The topological polar surface area (TPSA) is 118 Å². The third-order valence-electron chi connectivity index (χ3n) is 3.66. The highest BCUT2D eigenvalue weighted by molar-refractivity contribution is 5.95. The minimum absolute atomic E-state index is 0. The summed E-state index contributed by atoms with van der Waals surface area (Å²) in [7, 11) is 0. The molecular formula is C19H24Cl2N4O2-2. The van der Waals surface area contributed by atoms with Gasteiger partial charge in [0.15, 0.2) is 0 Å². The molecule has 0 saturated heterocycles. The van der Waals surface area contributed by atoms with Crippen LogP contribution in [0.1, 0.15) is 30.4 Å². The fraction of sp³-hybridized carbons (Fsp3) is 0.263. The van der Waals surface area contributed by atoms with E-state index in [4.69, 9.17) is 31.8 Å². The second kappa shape index (κ2) is 12.8. The molecule has 0 bridgehead atoms. The first-order valence-corrected chi connectivity index (χ1v) is 8.21. The van der Waals surface area contributed by atoms with Crippen LogP contribution in [0.25, 0.3) is 0 Å². The Morgan fingerprint density at radius 2 is 0.963 bits per heavy atom. The largest absolute Gasteiger partial charge is 1.00 e. The lowest BCUT2D eigenvalue weighted by molar-refractivity contribution is -0.001000. The summed E-state index contributed by atoms with van der Waals surface area (Å²) in [6, 6.07) is 14.4. The van der Waals surface area contributed by atoms with Crippen molar-refractivity contribution in [2.45, 2.75) is 19.3 Å². The van der Waals surface area contributed by atoms with E-state index in [0.29, 0.717) is 24.3 Å². The molecule has 0 atom stereocenters. The van der Waals surface area contributed by atoms with Crippen LogP contribution in [0.3, 0.4) is 0 Å². The molecule has 6 N–H and O–H groups in total. The maximum absolute atomic E-state index is 7.34. The van der Waals surface area contributed by atoms with E-state index in [2.05, 4.69) is 0 Å². The fourth-order valence-electron chi connectivity index (χ4n) is 2.22. The van der Waals surface area contributed by atoms with Gasteiger partial charge in [0.2, 0.25) is 0 Å². The Kier molecular flexibility index (Phi) is 11.7. The van der Waals surface area contributed by atoms with Gasteiger partial charge in [-0.2, -0.15) is 0 Å². The Balaban J connectivity index is 0.00000338. The number of amidine groups is 2. The van der Waals surface area contributed by atoms with Crippen molar-refractivity contribution in [2.75, 3.05) is 13.2 Å². The van der Waals surface area contributed by atoms with Gasteiger partial charge in [-0.15, -0.1) is 0 Å². The van der Waals surface area contributed by atoms with E-state index in [1.165, 1.54) is 0 Å². The van der Waals surface area contributed by atoms with Crippen LogP contribution in [-0.4, -0.2) is 24.9 Å². The number of hydrogen-bond donors (Lipinski definition) is 4. The van der Waals surface area contributed by atoms with Gasteiger partial charge in [-0.25, -0.2) is 0 Å². The third-order valence-corrected chi connectivity index (χ3v) is 3.66. The van der Waals surface area contributed by atoms with Crippen molar-refractivity contribution in [3.05, 3.63) is 59.7 Å². The van der Waals surface area contributed by atoms with Gasteiger partial charge in [0.05, 0.1) is 13.2 Å². The first-order valence-electron chi connectivity index (χ1n) is 8.21. The van der Waals surface area contributed by atoms with Gasteiger partial charge in [0, 0.05) is 11.1 Å². The summed E-state index contributed by atoms with van der Waals surface area (Å²) >= 11 is 0. The molecule has 2 rings (SSSR count). The van der Waals surface area contributed by atoms with Crippen LogP contribution in [0.2, 0.25) is 0 Å². The van der Waals surface area contributed by atoms with Crippen LogP contribution in [0.5, 0.6) is 11.5 Å². The second-order valence-electron chi connectivity index (χ2n) is 5.63.